The summed E-state index contributed by atoms with van der Waals surface area (Å²) in [5, 5.41) is 0. The number of aryl methyl sites for hydroxylation is 3. The quantitative estimate of drug-likeness (QED) is 0.893. The smallest absolute Gasteiger partial charge is 0.133 e. The van der Waals surface area contributed by atoms with Gasteiger partial charge < -0.3 is 10.5 Å². The summed E-state index contributed by atoms with van der Waals surface area (Å²) in [6, 6.07) is 10.4. The summed E-state index contributed by atoms with van der Waals surface area (Å²) < 4.78 is 6.14. The number of nitrogens with two attached hydrogens (primary N) is 1. The van der Waals surface area contributed by atoms with Gasteiger partial charge in [-0.05, 0) is 56.0 Å². The molecule has 0 saturated carbocycles. The van der Waals surface area contributed by atoms with Crippen molar-refractivity contribution in [2.75, 3.05) is 0 Å². The third kappa shape index (κ3) is 2.79. The average molecular weight is 255 g/mol. The molecule has 0 heterocycles. The summed E-state index contributed by atoms with van der Waals surface area (Å²) in [6.45, 7) is 8.81. The van der Waals surface area contributed by atoms with E-state index in [0.717, 1.165) is 22.6 Å². The molecule has 2 N–H and O–H groups in total. The molecule has 19 heavy (non-hydrogen) atoms. The Morgan fingerprint density at radius 3 is 2.32 bits per heavy atom. The molecule has 2 rings (SSSR count). The molecule has 0 aliphatic carbocycles. The minimum absolute atomic E-state index is 0.486. The molecule has 0 amide bonds. The second kappa shape index (κ2) is 5.45. The standard InChI is InChI=1S/C17H21NO/c1-11-5-8-15(10-18)16(9-11)19-17-13(3)7-6-12(2)14(17)4/h5-9H,10,18H2,1-4H3. The maximum Gasteiger partial charge on any atom is 0.133 e. The number of rotatable bonds is 3. The first-order valence-electron chi connectivity index (χ1n) is 6.57. The molecule has 0 saturated heterocycles. The van der Waals surface area contributed by atoms with Crippen LogP contribution in [0.25, 0.3) is 0 Å². The van der Waals surface area contributed by atoms with Crippen LogP contribution in [0.15, 0.2) is 30.3 Å². The molecule has 0 atom stereocenters. The molecule has 2 aromatic rings. The van der Waals surface area contributed by atoms with E-state index in [0.29, 0.717) is 6.54 Å². The van der Waals surface area contributed by atoms with Crippen LogP contribution in [-0.2, 0) is 6.54 Å². The molecule has 2 aromatic carbocycles. The largest absolute Gasteiger partial charge is 0.456 e. The molecule has 0 aliphatic heterocycles. The molecule has 0 fully saturated rings. The fourth-order valence-corrected chi connectivity index (χ4v) is 2.12. The minimum atomic E-state index is 0.486. The van der Waals surface area contributed by atoms with Crippen molar-refractivity contribution < 1.29 is 4.74 Å². The minimum Gasteiger partial charge on any atom is -0.456 e. The van der Waals surface area contributed by atoms with Crippen LogP contribution in [0.1, 0.15) is 27.8 Å². The summed E-state index contributed by atoms with van der Waals surface area (Å²) in [5.41, 5.74) is 11.6. The molecule has 2 nitrogen and oxygen atoms in total. The van der Waals surface area contributed by atoms with Crippen molar-refractivity contribution in [1.29, 1.82) is 0 Å². The van der Waals surface area contributed by atoms with Gasteiger partial charge in [-0.2, -0.15) is 0 Å². The van der Waals surface area contributed by atoms with Crippen LogP contribution in [0, 0.1) is 27.7 Å². The third-order valence-corrected chi connectivity index (χ3v) is 3.53. The van der Waals surface area contributed by atoms with Gasteiger partial charge >= 0.3 is 0 Å². The van der Waals surface area contributed by atoms with Crippen LogP contribution in [0.2, 0.25) is 0 Å². The third-order valence-electron chi connectivity index (χ3n) is 3.53. The van der Waals surface area contributed by atoms with Gasteiger partial charge in [-0.1, -0.05) is 24.3 Å². The Morgan fingerprint density at radius 2 is 1.63 bits per heavy atom. The van der Waals surface area contributed by atoms with Gasteiger partial charge in [-0.3, -0.25) is 0 Å². The van der Waals surface area contributed by atoms with Gasteiger partial charge in [-0.25, -0.2) is 0 Å². The van der Waals surface area contributed by atoms with Crippen LogP contribution in [0.5, 0.6) is 11.5 Å². The topological polar surface area (TPSA) is 35.2 Å². The van der Waals surface area contributed by atoms with Crippen molar-refractivity contribution in [3.05, 3.63) is 58.1 Å². The predicted octanol–water partition coefficient (Wildman–Crippen LogP) is 4.17. The summed E-state index contributed by atoms with van der Waals surface area (Å²) in [5.74, 6) is 1.81. The Balaban J connectivity index is 2.47. The summed E-state index contributed by atoms with van der Waals surface area (Å²) in [4.78, 5) is 0. The van der Waals surface area contributed by atoms with Crippen LogP contribution in [-0.4, -0.2) is 0 Å². The van der Waals surface area contributed by atoms with Gasteiger partial charge in [0.1, 0.15) is 11.5 Å². The first kappa shape index (κ1) is 13.6. The van der Waals surface area contributed by atoms with Crippen LogP contribution in [0.4, 0.5) is 0 Å². The Hall–Kier alpha value is -1.80. The van der Waals surface area contributed by atoms with Crippen molar-refractivity contribution >= 4 is 0 Å². The lowest BCUT2D eigenvalue weighted by Crippen LogP contribution is -2.01. The summed E-state index contributed by atoms with van der Waals surface area (Å²) in [7, 11) is 0. The predicted molar refractivity (Wildman–Crippen MR) is 79.8 cm³/mol. The fourth-order valence-electron chi connectivity index (χ4n) is 2.12. The van der Waals surface area contributed by atoms with Crippen molar-refractivity contribution in [2.24, 2.45) is 5.73 Å². The van der Waals surface area contributed by atoms with Crippen molar-refractivity contribution in [3.63, 3.8) is 0 Å². The number of hydrogen-bond donors (Lipinski definition) is 1. The van der Waals surface area contributed by atoms with E-state index in [4.69, 9.17) is 10.5 Å². The molecular formula is C17H21NO. The second-order valence-electron chi connectivity index (χ2n) is 5.07. The van der Waals surface area contributed by atoms with E-state index in [1.807, 2.05) is 12.1 Å². The van der Waals surface area contributed by atoms with E-state index in [1.165, 1.54) is 16.7 Å². The van der Waals surface area contributed by atoms with Gasteiger partial charge in [0.05, 0.1) is 0 Å². The second-order valence-corrected chi connectivity index (χ2v) is 5.07. The van der Waals surface area contributed by atoms with Gasteiger partial charge in [0.2, 0.25) is 0 Å². The monoisotopic (exact) mass is 255 g/mol. The van der Waals surface area contributed by atoms with Crippen LogP contribution < -0.4 is 10.5 Å². The maximum absolute atomic E-state index is 6.14. The highest BCUT2D eigenvalue weighted by Gasteiger charge is 2.10. The van der Waals surface area contributed by atoms with E-state index in [9.17, 15) is 0 Å². The lowest BCUT2D eigenvalue weighted by atomic mass is 10.0. The zero-order chi connectivity index (χ0) is 14.0. The summed E-state index contributed by atoms with van der Waals surface area (Å²) >= 11 is 0. The molecular weight excluding hydrogens is 234 g/mol. The normalized spacial score (nSPS) is 10.6. The fraction of sp³-hybridized carbons (Fsp3) is 0.294. The van der Waals surface area contributed by atoms with Crippen LogP contribution in [0.3, 0.4) is 0 Å². The first-order valence-corrected chi connectivity index (χ1v) is 6.57. The first-order chi connectivity index (χ1) is 9.02. The summed E-state index contributed by atoms with van der Waals surface area (Å²) in [6.07, 6.45) is 0. The van der Waals surface area contributed by atoms with Crippen molar-refractivity contribution in [2.45, 2.75) is 34.2 Å². The Bertz CT molecular complexity index is 602. The Labute approximate surface area is 115 Å². The molecule has 0 unspecified atom stereocenters. The van der Waals surface area contributed by atoms with Crippen molar-refractivity contribution in [3.8, 4) is 11.5 Å². The molecule has 100 valence electrons. The molecule has 2 heteroatoms. The maximum atomic E-state index is 6.14. The number of benzene rings is 2. The van der Waals surface area contributed by atoms with E-state index in [-0.39, 0.29) is 0 Å². The van der Waals surface area contributed by atoms with Gasteiger partial charge in [-0.15, -0.1) is 0 Å². The van der Waals surface area contributed by atoms with E-state index in [1.54, 1.807) is 0 Å². The van der Waals surface area contributed by atoms with Crippen molar-refractivity contribution in [1.82, 2.24) is 0 Å². The van der Waals surface area contributed by atoms with Gasteiger partial charge in [0, 0.05) is 12.1 Å². The number of hydrogen-bond acceptors (Lipinski definition) is 2. The highest BCUT2D eigenvalue weighted by Crippen LogP contribution is 2.32. The van der Waals surface area contributed by atoms with Gasteiger partial charge in [0.15, 0.2) is 0 Å². The molecule has 0 aliphatic rings. The van der Waals surface area contributed by atoms with Crippen LogP contribution >= 0.6 is 0 Å². The molecule has 0 bridgehead atoms. The SMILES string of the molecule is Cc1ccc(CN)c(Oc2c(C)ccc(C)c2C)c1. The Kier molecular flexibility index (Phi) is 3.91. The highest BCUT2D eigenvalue weighted by molar-refractivity contribution is 5.48. The highest BCUT2D eigenvalue weighted by atomic mass is 16.5. The van der Waals surface area contributed by atoms with E-state index >= 15 is 0 Å². The van der Waals surface area contributed by atoms with Gasteiger partial charge in [0.25, 0.3) is 0 Å². The number of ether oxygens (including phenoxy) is 1. The van der Waals surface area contributed by atoms with E-state index in [2.05, 4.69) is 45.9 Å². The lowest BCUT2D eigenvalue weighted by Gasteiger charge is -2.16. The Morgan fingerprint density at radius 1 is 0.947 bits per heavy atom. The molecule has 0 spiro atoms. The molecule has 0 aromatic heterocycles. The lowest BCUT2D eigenvalue weighted by molar-refractivity contribution is 0.468. The molecule has 0 radical (unpaired) electrons. The van der Waals surface area contributed by atoms with E-state index < -0.39 is 0 Å². The zero-order valence-electron chi connectivity index (χ0n) is 12.1. The zero-order valence-corrected chi connectivity index (χ0v) is 12.1. The average Bonchev–Trinajstić information content (AvgIpc) is 2.39.